The molecule has 0 aliphatic carbocycles. The molecule has 2 heterocycles. The highest BCUT2D eigenvalue weighted by Gasteiger charge is 2.30. The molecule has 5 aromatic rings. The van der Waals surface area contributed by atoms with E-state index >= 15 is 0 Å². The number of halogens is 3. The number of carbonyl (C=O) groups is 1. The minimum absolute atomic E-state index is 0.0288. The van der Waals surface area contributed by atoms with Crippen LogP contribution in [0.3, 0.4) is 0 Å². The molecule has 8 nitrogen and oxygen atoms in total. The van der Waals surface area contributed by atoms with E-state index in [2.05, 4.69) is 25.8 Å². The molecule has 40 heavy (non-hydrogen) atoms. The summed E-state index contributed by atoms with van der Waals surface area (Å²) < 4.78 is 44.8. The minimum atomic E-state index is -4.50. The number of pyridine rings is 1. The van der Waals surface area contributed by atoms with Crippen molar-refractivity contribution in [2.75, 3.05) is 23.0 Å². The molecule has 5 rings (SSSR count). The summed E-state index contributed by atoms with van der Waals surface area (Å²) in [6.07, 6.45) is 0.740. The highest BCUT2D eigenvalue weighted by molar-refractivity contribution is 6.04. The number of carbonyl (C=O) groups excluding carboxylic acids is 1. The lowest BCUT2D eigenvalue weighted by atomic mass is 10.0. The number of amides is 2. The molecule has 0 spiro atoms. The third kappa shape index (κ3) is 6.15. The van der Waals surface area contributed by atoms with Gasteiger partial charge in [-0.1, -0.05) is 24.3 Å². The minimum Gasteiger partial charge on any atom is -0.491 e. The molecular formula is C29H25F3N6O2. The Kier molecular flexibility index (Phi) is 7.54. The van der Waals surface area contributed by atoms with E-state index in [-0.39, 0.29) is 5.69 Å². The number of hydrogen-bond donors (Lipinski definition) is 4. The number of urea groups is 1. The van der Waals surface area contributed by atoms with Gasteiger partial charge in [0.15, 0.2) is 5.82 Å². The number of nitrogens with two attached hydrogens (primary N) is 1. The zero-order valence-corrected chi connectivity index (χ0v) is 21.1. The van der Waals surface area contributed by atoms with E-state index in [1.165, 1.54) is 12.1 Å². The van der Waals surface area contributed by atoms with E-state index in [0.717, 1.165) is 41.7 Å². The van der Waals surface area contributed by atoms with Gasteiger partial charge in [0, 0.05) is 23.8 Å². The van der Waals surface area contributed by atoms with Crippen LogP contribution in [0.4, 0.5) is 35.2 Å². The van der Waals surface area contributed by atoms with Crippen molar-refractivity contribution in [2.24, 2.45) is 0 Å². The average molecular weight is 547 g/mol. The van der Waals surface area contributed by atoms with Crippen LogP contribution < -0.4 is 21.1 Å². The largest absolute Gasteiger partial charge is 0.491 e. The van der Waals surface area contributed by atoms with Crippen molar-refractivity contribution in [3.05, 3.63) is 96.3 Å². The molecule has 0 unspecified atom stereocenters. The Labute approximate surface area is 227 Å². The van der Waals surface area contributed by atoms with Crippen LogP contribution in [0.5, 0.6) is 5.75 Å². The molecule has 0 radical (unpaired) electrons. The van der Waals surface area contributed by atoms with E-state index < -0.39 is 17.8 Å². The fourth-order valence-corrected chi connectivity index (χ4v) is 4.30. The molecule has 3 aromatic carbocycles. The standard InChI is InChI=1S/C29H25F3N6O2/c30-29(31,32)20-6-1-7-22(16-20)36-28(39)35-21-10-8-19(9-11-21)23-12-13-24(26-25(23)27(33)38-37-26)40-15-3-5-18-4-2-14-34-17-18/h1-2,4,6-14,16-17H,3,5,15H2,(H3,33,37,38)(H2,35,36,39). The van der Waals surface area contributed by atoms with Crippen LogP contribution in [-0.4, -0.2) is 27.8 Å². The van der Waals surface area contributed by atoms with E-state index in [1.54, 1.807) is 30.5 Å². The van der Waals surface area contributed by atoms with Crippen LogP contribution in [0.25, 0.3) is 22.0 Å². The predicted molar refractivity (Wildman–Crippen MR) is 148 cm³/mol. The lowest BCUT2D eigenvalue weighted by Crippen LogP contribution is -2.19. The smallest absolute Gasteiger partial charge is 0.416 e. The molecule has 0 aliphatic rings. The van der Waals surface area contributed by atoms with Gasteiger partial charge < -0.3 is 21.1 Å². The number of fused-ring (bicyclic) bond motifs is 1. The number of anilines is 3. The molecule has 5 N–H and O–H groups in total. The van der Waals surface area contributed by atoms with Crippen LogP contribution in [-0.2, 0) is 12.6 Å². The average Bonchev–Trinajstić information content (AvgIpc) is 3.34. The van der Waals surface area contributed by atoms with Gasteiger partial charge >= 0.3 is 12.2 Å². The predicted octanol–water partition coefficient (Wildman–Crippen LogP) is 6.88. The maximum absolute atomic E-state index is 12.9. The SMILES string of the molecule is Nc1n[nH]c2c(OCCCc3cccnc3)ccc(-c3ccc(NC(=O)Nc4cccc(C(F)(F)F)c4)cc3)c12. The van der Waals surface area contributed by atoms with Crippen molar-refractivity contribution in [2.45, 2.75) is 19.0 Å². The molecule has 0 fully saturated rings. The molecule has 0 saturated heterocycles. The van der Waals surface area contributed by atoms with E-state index in [0.29, 0.717) is 34.8 Å². The number of benzene rings is 3. The lowest BCUT2D eigenvalue weighted by Gasteiger charge is -2.12. The van der Waals surface area contributed by atoms with Crippen LogP contribution in [0.1, 0.15) is 17.5 Å². The third-order valence-electron chi connectivity index (χ3n) is 6.20. The lowest BCUT2D eigenvalue weighted by molar-refractivity contribution is -0.137. The van der Waals surface area contributed by atoms with Gasteiger partial charge in [0.25, 0.3) is 0 Å². The third-order valence-corrected chi connectivity index (χ3v) is 6.20. The van der Waals surface area contributed by atoms with Crippen molar-refractivity contribution in [1.82, 2.24) is 15.2 Å². The fourth-order valence-electron chi connectivity index (χ4n) is 4.30. The Morgan fingerprint density at radius 1 is 0.975 bits per heavy atom. The van der Waals surface area contributed by atoms with Crippen molar-refractivity contribution in [3.8, 4) is 16.9 Å². The number of hydrogen-bond acceptors (Lipinski definition) is 5. The first-order valence-electron chi connectivity index (χ1n) is 12.4. The Bertz CT molecular complexity index is 1620. The molecule has 2 aromatic heterocycles. The van der Waals surface area contributed by atoms with Gasteiger partial charge in [-0.2, -0.15) is 18.3 Å². The Morgan fingerprint density at radius 2 is 1.77 bits per heavy atom. The number of nitrogens with one attached hydrogen (secondary N) is 3. The second-order valence-corrected chi connectivity index (χ2v) is 9.02. The molecule has 0 aliphatic heterocycles. The first-order chi connectivity index (χ1) is 19.3. The van der Waals surface area contributed by atoms with Crippen LogP contribution >= 0.6 is 0 Å². The normalized spacial score (nSPS) is 11.4. The van der Waals surface area contributed by atoms with Crippen molar-refractivity contribution < 1.29 is 22.7 Å². The van der Waals surface area contributed by atoms with Gasteiger partial charge in [-0.3, -0.25) is 10.1 Å². The number of ether oxygens (including phenoxy) is 1. The fraction of sp³-hybridized carbons (Fsp3) is 0.138. The number of rotatable bonds is 8. The van der Waals surface area contributed by atoms with E-state index in [9.17, 15) is 18.0 Å². The van der Waals surface area contributed by atoms with Gasteiger partial charge in [-0.15, -0.1) is 0 Å². The summed E-state index contributed by atoms with van der Waals surface area (Å²) in [5.41, 5.74) is 9.29. The van der Waals surface area contributed by atoms with Gasteiger partial charge in [0.1, 0.15) is 11.3 Å². The molecule has 2 amide bonds. The summed E-state index contributed by atoms with van der Waals surface area (Å²) in [5, 5.41) is 12.9. The summed E-state index contributed by atoms with van der Waals surface area (Å²) in [7, 11) is 0. The monoisotopic (exact) mass is 546 g/mol. The molecule has 0 saturated carbocycles. The van der Waals surface area contributed by atoms with Crippen LogP contribution in [0.2, 0.25) is 0 Å². The molecule has 204 valence electrons. The molecule has 0 bridgehead atoms. The second kappa shape index (κ2) is 11.4. The van der Waals surface area contributed by atoms with Gasteiger partial charge in [-0.25, -0.2) is 4.79 Å². The zero-order chi connectivity index (χ0) is 28.1. The number of alkyl halides is 3. The summed E-state index contributed by atoms with van der Waals surface area (Å²) in [5.74, 6) is 0.965. The summed E-state index contributed by atoms with van der Waals surface area (Å²) in [6, 6.07) is 18.4. The Morgan fingerprint density at radius 3 is 2.52 bits per heavy atom. The van der Waals surface area contributed by atoms with E-state index in [1.807, 2.05) is 30.5 Å². The number of aromatic amines is 1. The number of nitrogens with zero attached hydrogens (tertiary/aromatic N) is 2. The van der Waals surface area contributed by atoms with Gasteiger partial charge in [-0.05, 0) is 78.1 Å². The van der Waals surface area contributed by atoms with Crippen molar-refractivity contribution >= 4 is 34.1 Å². The second-order valence-electron chi connectivity index (χ2n) is 9.02. The maximum atomic E-state index is 12.9. The topological polar surface area (TPSA) is 118 Å². The molecular weight excluding hydrogens is 521 g/mol. The zero-order valence-electron chi connectivity index (χ0n) is 21.1. The van der Waals surface area contributed by atoms with Crippen LogP contribution in [0, 0.1) is 0 Å². The first-order valence-corrected chi connectivity index (χ1v) is 12.4. The van der Waals surface area contributed by atoms with Gasteiger partial charge in [0.2, 0.25) is 0 Å². The molecule has 11 heteroatoms. The quantitative estimate of drug-likeness (QED) is 0.158. The molecule has 0 atom stereocenters. The van der Waals surface area contributed by atoms with Gasteiger partial charge in [0.05, 0.1) is 17.6 Å². The highest BCUT2D eigenvalue weighted by atomic mass is 19.4. The van der Waals surface area contributed by atoms with Crippen molar-refractivity contribution in [3.63, 3.8) is 0 Å². The highest BCUT2D eigenvalue weighted by Crippen LogP contribution is 2.37. The van der Waals surface area contributed by atoms with E-state index in [4.69, 9.17) is 10.5 Å². The van der Waals surface area contributed by atoms with Crippen molar-refractivity contribution in [1.29, 1.82) is 0 Å². The van der Waals surface area contributed by atoms with Crippen LogP contribution in [0.15, 0.2) is 85.2 Å². The number of nitrogen functional groups attached to an aromatic ring is 1. The maximum Gasteiger partial charge on any atom is 0.416 e. The Balaban J connectivity index is 1.25. The Hall–Kier alpha value is -5.06. The number of aromatic nitrogens is 3. The number of aryl methyl sites for hydroxylation is 1. The summed E-state index contributed by atoms with van der Waals surface area (Å²) in [6.45, 7) is 0.505. The number of H-pyrrole nitrogens is 1. The summed E-state index contributed by atoms with van der Waals surface area (Å²) in [4.78, 5) is 16.5. The summed E-state index contributed by atoms with van der Waals surface area (Å²) >= 11 is 0. The first kappa shape index (κ1) is 26.5.